The molecule has 1 N–H and O–H groups in total. The van der Waals surface area contributed by atoms with Gasteiger partial charge in [0.2, 0.25) is 5.91 Å². The van der Waals surface area contributed by atoms with E-state index in [2.05, 4.69) is 17.1 Å². The topological polar surface area (TPSA) is 54.7 Å². The number of anilines is 1. The zero-order valence-electron chi connectivity index (χ0n) is 15.2. The lowest BCUT2D eigenvalue weighted by Crippen LogP contribution is -2.34. The zero-order chi connectivity index (χ0) is 18.1. The second-order valence-electron chi connectivity index (χ2n) is 6.97. The molecule has 0 atom stereocenters. The van der Waals surface area contributed by atoms with Gasteiger partial charge in [0.1, 0.15) is 16.9 Å². The van der Waals surface area contributed by atoms with E-state index in [1.54, 1.807) is 7.11 Å². The molecule has 0 saturated heterocycles. The molecule has 1 saturated carbocycles. The number of likely N-dealkylation sites (N-methyl/N-ethyl adjacent to an activating group) is 1. The first kappa shape index (κ1) is 16.9. The Balaban J connectivity index is 1.58. The summed E-state index contributed by atoms with van der Waals surface area (Å²) < 4.78 is 11.4. The van der Waals surface area contributed by atoms with Gasteiger partial charge in [0.15, 0.2) is 0 Å². The molecule has 0 spiro atoms. The number of hydrogen-bond acceptors (Lipinski definition) is 4. The molecule has 136 valence electrons. The summed E-state index contributed by atoms with van der Waals surface area (Å²) in [5.74, 6) is 1.38. The van der Waals surface area contributed by atoms with Crippen LogP contribution in [0.4, 0.5) is 5.69 Å². The SMILES string of the molecule is CCN(CC(=O)Nc1cc2oc3ccccc3c2cc1OC)CC1CC1. The van der Waals surface area contributed by atoms with Gasteiger partial charge in [-0.15, -0.1) is 0 Å². The van der Waals surface area contributed by atoms with E-state index in [1.807, 2.05) is 36.4 Å². The quantitative estimate of drug-likeness (QED) is 0.690. The lowest BCUT2D eigenvalue weighted by atomic mass is 10.1. The third-order valence-corrected chi connectivity index (χ3v) is 5.00. The van der Waals surface area contributed by atoms with Crippen molar-refractivity contribution in [3.05, 3.63) is 36.4 Å². The van der Waals surface area contributed by atoms with Crippen molar-refractivity contribution in [2.45, 2.75) is 19.8 Å². The van der Waals surface area contributed by atoms with Crippen molar-refractivity contribution in [3.63, 3.8) is 0 Å². The van der Waals surface area contributed by atoms with E-state index in [9.17, 15) is 4.79 Å². The minimum atomic E-state index is -0.0266. The van der Waals surface area contributed by atoms with Gasteiger partial charge in [-0.05, 0) is 37.4 Å². The van der Waals surface area contributed by atoms with Crippen LogP contribution in [0.2, 0.25) is 0 Å². The number of nitrogens with one attached hydrogen (secondary N) is 1. The van der Waals surface area contributed by atoms with E-state index in [0.717, 1.165) is 40.9 Å². The monoisotopic (exact) mass is 352 g/mol. The van der Waals surface area contributed by atoms with Crippen LogP contribution in [0.25, 0.3) is 21.9 Å². The second kappa shape index (κ2) is 7.00. The molecule has 1 aliphatic rings. The predicted molar refractivity (Wildman–Crippen MR) is 104 cm³/mol. The van der Waals surface area contributed by atoms with Crippen molar-refractivity contribution in [2.75, 3.05) is 32.1 Å². The van der Waals surface area contributed by atoms with Crippen molar-refractivity contribution < 1.29 is 13.9 Å². The molecule has 4 rings (SSSR count). The Hall–Kier alpha value is -2.53. The number of para-hydroxylation sites is 1. The van der Waals surface area contributed by atoms with Gasteiger partial charge in [-0.2, -0.15) is 0 Å². The van der Waals surface area contributed by atoms with Crippen LogP contribution >= 0.6 is 0 Å². The van der Waals surface area contributed by atoms with Gasteiger partial charge in [0.25, 0.3) is 0 Å². The average Bonchev–Trinajstić information content (AvgIpc) is 3.39. The van der Waals surface area contributed by atoms with Crippen molar-refractivity contribution in [1.82, 2.24) is 4.90 Å². The molecule has 1 amide bonds. The van der Waals surface area contributed by atoms with Gasteiger partial charge in [-0.25, -0.2) is 0 Å². The van der Waals surface area contributed by atoms with Gasteiger partial charge < -0.3 is 14.5 Å². The molecule has 1 aromatic heterocycles. The number of ether oxygens (including phenoxy) is 1. The number of rotatable bonds is 7. The van der Waals surface area contributed by atoms with Crippen molar-refractivity contribution >= 4 is 33.5 Å². The average molecular weight is 352 g/mol. The van der Waals surface area contributed by atoms with Crippen LogP contribution in [0.1, 0.15) is 19.8 Å². The lowest BCUT2D eigenvalue weighted by molar-refractivity contribution is -0.117. The lowest BCUT2D eigenvalue weighted by Gasteiger charge is -2.20. The maximum atomic E-state index is 12.5. The number of benzene rings is 2. The predicted octanol–water partition coefficient (Wildman–Crippen LogP) is 4.27. The van der Waals surface area contributed by atoms with Crippen molar-refractivity contribution in [1.29, 1.82) is 0 Å². The molecular formula is C21H24N2O3. The van der Waals surface area contributed by atoms with E-state index in [1.165, 1.54) is 12.8 Å². The normalized spacial score (nSPS) is 14.3. The number of furan rings is 1. The van der Waals surface area contributed by atoms with Crippen molar-refractivity contribution in [2.24, 2.45) is 5.92 Å². The molecule has 0 bridgehead atoms. The largest absolute Gasteiger partial charge is 0.495 e. The van der Waals surface area contributed by atoms with Crippen LogP contribution in [0.3, 0.4) is 0 Å². The van der Waals surface area contributed by atoms with Crippen LogP contribution in [0, 0.1) is 5.92 Å². The van der Waals surface area contributed by atoms with Gasteiger partial charge in [-0.3, -0.25) is 9.69 Å². The summed E-state index contributed by atoms with van der Waals surface area (Å²) in [4.78, 5) is 14.7. The second-order valence-corrected chi connectivity index (χ2v) is 6.97. The Labute approximate surface area is 152 Å². The molecule has 2 aromatic carbocycles. The van der Waals surface area contributed by atoms with E-state index in [-0.39, 0.29) is 5.91 Å². The fourth-order valence-electron chi connectivity index (χ4n) is 3.38. The van der Waals surface area contributed by atoms with E-state index < -0.39 is 0 Å². The zero-order valence-corrected chi connectivity index (χ0v) is 15.2. The Bertz CT molecular complexity index is 943. The minimum Gasteiger partial charge on any atom is -0.495 e. The number of nitrogens with zero attached hydrogens (tertiary/aromatic N) is 1. The highest BCUT2D eigenvalue weighted by Crippen LogP contribution is 2.36. The molecule has 1 aliphatic carbocycles. The van der Waals surface area contributed by atoms with Crippen LogP contribution in [0.15, 0.2) is 40.8 Å². The molecule has 5 nitrogen and oxygen atoms in total. The highest BCUT2D eigenvalue weighted by atomic mass is 16.5. The number of hydrogen-bond donors (Lipinski definition) is 1. The maximum absolute atomic E-state index is 12.5. The third kappa shape index (κ3) is 3.40. The molecule has 0 aliphatic heterocycles. The van der Waals surface area contributed by atoms with Gasteiger partial charge in [0.05, 0.1) is 19.3 Å². The first-order valence-corrected chi connectivity index (χ1v) is 9.19. The Morgan fingerprint density at radius 2 is 2.04 bits per heavy atom. The molecule has 0 unspecified atom stereocenters. The molecule has 3 aromatic rings. The smallest absolute Gasteiger partial charge is 0.238 e. The fraction of sp³-hybridized carbons (Fsp3) is 0.381. The molecule has 1 heterocycles. The van der Waals surface area contributed by atoms with E-state index in [0.29, 0.717) is 18.0 Å². The van der Waals surface area contributed by atoms with Crippen LogP contribution in [-0.4, -0.2) is 37.6 Å². The summed E-state index contributed by atoms with van der Waals surface area (Å²) in [6, 6.07) is 11.7. The van der Waals surface area contributed by atoms with E-state index >= 15 is 0 Å². The standard InChI is InChI=1S/C21H24N2O3/c1-3-23(12-14-8-9-14)13-21(24)22-17-11-19-16(10-20(17)25-2)15-6-4-5-7-18(15)26-19/h4-7,10-11,14H,3,8-9,12-13H2,1-2H3,(H,22,24). The van der Waals surface area contributed by atoms with Crippen LogP contribution in [-0.2, 0) is 4.79 Å². The highest BCUT2D eigenvalue weighted by molar-refractivity contribution is 6.07. The summed E-state index contributed by atoms with van der Waals surface area (Å²) in [6.07, 6.45) is 2.57. The summed E-state index contributed by atoms with van der Waals surface area (Å²) >= 11 is 0. The third-order valence-electron chi connectivity index (χ3n) is 5.00. The van der Waals surface area contributed by atoms with Crippen LogP contribution < -0.4 is 10.1 Å². The summed E-state index contributed by atoms with van der Waals surface area (Å²) in [5, 5.41) is 5.02. The summed E-state index contributed by atoms with van der Waals surface area (Å²) in [7, 11) is 1.62. The van der Waals surface area contributed by atoms with Gasteiger partial charge in [0, 0.05) is 23.4 Å². The summed E-state index contributed by atoms with van der Waals surface area (Å²) in [5.41, 5.74) is 2.22. The Morgan fingerprint density at radius 3 is 2.77 bits per heavy atom. The number of carbonyl (C=O) groups is 1. The first-order chi connectivity index (χ1) is 12.7. The number of fused-ring (bicyclic) bond motifs is 3. The van der Waals surface area contributed by atoms with Crippen LogP contribution in [0.5, 0.6) is 5.75 Å². The number of amides is 1. The molecule has 26 heavy (non-hydrogen) atoms. The molecule has 0 radical (unpaired) electrons. The Morgan fingerprint density at radius 1 is 1.23 bits per heavy atom. The van der Waals surface area contributed by atoms with Gasteiger partial charge >= 0.3 is 0 Å². The molecule has 1 fully saturated rings. The van der Waals surface area contributed by atoms with E-state index in [4.69, 9.17) is 9.15 Å². The fourth-order valence-corrected chi connectivity index (χ4v) is 3.38. The summed E-state index contributed by atoms with van der Waals surface area (Å²) in [6.45, 7) is 4.37. The highest BCUT2D eigenvalue weighted by Gasteiger charge is 2.24. The Kier molecular flexibility index (Phi) is 4.55. The molecular weight excluding hydrogens is 328 g/mol. The molecule has 5 heteroatoms. The maximum Gasteiger partial charge on any atom is 0.238 e. The first-order valence-electron chi connectivity index (χ1n) is 9.19. The van der Waals surface area contributed by atoms with Gasteiger partial charge in [-0.1, -0.05) is 25.1 Å². The minimum absolute atomic E-state index is 0.0266. The number of methoxy groups -OCH3 is 1. The van der Waals surface area contributed by atoms with Crippen molar-refractivity contribution in [3.8, 4) is 5.75 Å². The number of carbonyl (C=O) groups excluding carboxylic acids is 1.